The summed E-state index contributed by atoms with van der Waals surface area (Å²) in [4.78, 5) is 15.8. The molecule has 0 bridgehead atoms. The topological polar surface area (TPSA) is 85.8 Å². The van der Waals surface area contributed by atoms with E-state index in [1.54, 1.807) is 0 Å². The van der Waals surface area contributed by atoms with Gasteiger partial charge in [0.25, 0.3) is 5.56 Å². The molecule has 0 unspecified atom stereocenters. The second-order valence-electron chi connectivity index (χ2n) is 4.23. The Morgan fingerprint density at radius 3 is 2.95 bits per heavy atom. The second kappa shape index (κ2) is 5.83. The van der Waals surface area contributed by atoms with Gasteiger partial charge < -0.3 is 9.84 Å². The zero-order valence-corrected chi connectivity index (χ0v) is 11.4. The first kappa shape index (κ1) is 13.5. The van der Waals surface area contributed by atoms with Gasteiger partial charge in [-0.3, -0.25) is 4.79 Å². The maximum absolute atomic E-state index is 11.9. The van der Waals surface area contributed by atoms with Crippen molar-refractivity contribution in [3.8, 4) is 0 Å². The predicted octanol–water partition coefficient (Wildman–Crippen LogP) is 1.52. The van der Waals surface area contributed by atoms with Gasteiger partial charge in [0.05, 0.1) is 17.9 Å². The van der Waals surface area contributed by atoms with Gasteiger partial charge in [-0.05, 0) is 13.8 Å². The van der Waals surface area contributed by atoms with Crippen LogP contribution in [0.4, 0.5) is 5.69 Å². The Balaban J connectivity index is 2.05. The fourth-order valence-corrected chi connectivity index (χ4v) is 1.75. The number of halogens is 1. The fourth-order valence-electron chi connectivity index (χ4n) is 1.55. The Hall–Kier alpha value is -1.89. The van der Waals surface area contributed by atoms with Crippen LogP contribution >= 0.6 is 11.6 Å². The van der Waals surface area contributed by atoms with Crippen LogP contribution in [0, 0.1) is 0 Å². The summed E-state index contributed by atoms with van der Waals surface area (Å²) in [5, 5.41) is 10.7. The molecular formula is C11H14ClN5O2. The van der Waals surface area contributed by atoms with Crippen LogP contribution in [0.5, 0.6) is 0 Å². The molecule has 102 valence electrons. The summed E-state index contributed by atoms with van der Waals surface area (Å²) in [7, 11) is 0. The quantitative estimate of drug-likeness (QED) is 0.895. The van der Waals surface area contributed by atoms with Gasteiger partial charge in [0, 0.05) is 13.0 Å². The highest BCUT2D eigenvalue weighted by Crippen LogP contribution is 2.16. The molecule has 7 nitrogen and oxygen atoms in total. The highest BCUT2D eigenvalue weighted by molar-refractivity contribution is 6.32. The van der Waals surface area contributed by atoms with Crippen LogP contribution in [0.2, 0.25) is 5.02 Å². The van der Waals surface area contributed by atoms with E-state index >= 15 is 0 Å². The number of nitrogens with one attached hydrogen (secondary N) is 1. The van der Waals surface area contributed by atoms with Crippen molar-refractivity contribution in [2.75, 3.05) is 11.9 Å². The monoisotopic (exact) mass is 283 g/mol. The van der Waals surface area contributed by atoms with E-state index < -0.39 is 0 Å². The predicted molar refractivity (Wildman–Crippen MR) is 70.4 cm³/mol. The van der Waals surface area contributed by atoms with Gasteiger partial charge in [-0.25, -0.2) is 4.68 Å². The smallest absolute Gasteiger partial charge is 0.287 e. The van der Waals surface area contributed by atoms with Crippen molar-refractivity contribution in [2.45, 2.75) is 26.3 Å². The SMILES string of the molecule is CC(C)n1ncc(NCCc2ncno2)c(Cl)c1=O. The van der Waals surface area contributed by atoms with Gasteiger partial charge in [-0.2, -0.15) is 10.1 Å². The standard InChI is InChI=1S/C11H14ClN5O2/c1-7(2)17-11(18)10(12)8(5-15-17)13-4-3-9-14-6-16-19-9/h5-7,13H,3-4H2,1-2H3. The molecule has 0 saturated carbocycles. The molecule has 0 aliphatic carbocycles. The van der Waals surface area contributed by atoms with Gasteiger partial charge in [0.1, 0.15) is 5.02 Å². The maximum Gasteiger partial charge on any atom is 0.287 e. The molecule has 19 heavy (non-hydrogen) atoms. The molecule has 0 atom stereocenters. The van der Waals surface area contributed by atoms with Gasteiger partial charge in [-0.1, -0.05) is 16.8 Å². The summed E-state index contributed by atoms with van der Waals surface area (Å²) in [5.74, 6) is 0.520. The molecule has 2 rings (SSSR count). The van der Waals surface area contributed by atoms with Crippen molar-refractivity contribution < 1.29 is 4.52 Å². The van der Waals surface area contributed by atoms with Gasteiger partial charge in [0.2, 0.25) is 5.89 Å². The lowest BCUT2D eigenvalue weighted by atomic mass is 10.3. The first-order valence-corrected chi connectivity index (χ1v) is 6.24. The van der Waals surface area contributed by atoms with Crippen LogP contribution in [-0.4, -0.2) is 26.5 Å². The van der Waals surface area contributed by atoms with Crippen molar-refractivity contribution in [1.29, 1.82) is 0 Å². The second-order valence-corrected chi connectivity index (χ2v) is 4.61. The molecule has 0 aliphatic heterocycles. The maximum atomic E-state index is 11.9. The van der Waals surface area contributed by atoms with E-state index in [9.17, 15) is 4.79 Å². The third-order valence-corrected chi connectivity index (χ3v) is 2.86. The molecule has 2 aromatic rings. The minimum atomic E-state index is -0.306. The van der Waals surface area contributed by atoms with E-state index in [1.807, 2.05) is 13.8 Å². The van der Waals surface area contributed by atoms with E-state index in [-0.39, 0.29) is 16.6 Å². The molecule has 0 saturated heterocycles. The molecule has 1 N–H and O–H groups in total. The number of aromatic nitrogens is 4. The zero-order chi connectivity index (χ0) is 13.8. The average Bonchev–Trinajstić information content (AvgIpc) is 2.87. The lowest BCUT2D eigenvalue weighted by Crippen LogP contribution is -2.26. The molecule has 0 aliphatic rings. The first-order chi connectivity index (χ1) is 9.09. The molecule has 2 heterocycles. The van der Waals surface area contributed by atoms with Gasteiger partial charge in [-0.15, -0.1) is 0 Å². The minimum absolute atomic E-state index is 0.0301. The summed E-state index contributed by atoms with van der Waals surface area (Å²) in [6.07, 6.45) is 3.43. The van der Waals surface area contributed by atoms with E-state index in [4.69, 9.17) is 16.1 Å². The van der Waals surface area contributed by atoms with Crippen LogP contribution in [0.3, 0.4) is 0 Å². The van der Waals surface area contributed by atoms with E-state index in [2.05, 4.69) is 20.6 Å². The van der Waals surface area contributed by atoms with Crippen LogP contribution in [-0.2, 0) is 6.42 Å². The summed E-state index contributed by atoms with van der Waals surface area (Å²) >= 11 is 6.02. The largest absolute Gasteiger partial charge is 0.382 e. The van der Waals surface area contributed by atoms with Crippen molar-refractivity contribution in [2.24, 2.45) is 0 Å². The first-order valence-electron chi connectivity index (χ1n) is 5.86. The molecule has 0 spiro atoms. The fraction of sp³-hybridized carbons (Fsp3) is 0.455. The number of nitrogens with zero attached hydrogens (tertiary/aromatic N) is 4. The minimum Gasteiger partial charge on any atom is -0.382 e. The Morgan fingerprint density at radius 2 is 2.32 bits per heavy atom. The number of rotatable bonds is 5. The Morgan fingerprint density at radius 1 is 1.53 bits per heavy atom. The Bertz CT molecular complexity index is 594. The van der Waals surface area contributed by atoms with E-state index in [1.165, 1.54) is 17.2 Å². The lowest BCUT2D eigenvalue weighted by molar-refractivity contribution is 0.380. The zero-order valence-electron chi connectivity index (χ0n) is 10.6. The molecule has 2 aromatic heterocycles. The third-order valence-electron chi connectivity index (χ3n) is 2.49. The average molecular weight is 284 g/mol. The van der Waals surface area contributed by atoms with Crippen molar-refractivity contribution >= 4 is 17.3 Å². The van der Waals surface area contributed by atoms with Gasteiger partial charge in [0.15, 0.2) is 6.33 Å². The summed E-state index contributed by atoms with van der Waals surface area (Å²) in [6, 6.07) is -0.0301. The molecule has 0 amide bonds. The lowest BCUT2D eigenvalue weighted by Gasteiger charge is -2.11. The van der Waals surface area contributed by atoms with Gasteiger partial charge >= 0.3 is 0 Å². The van der Waals surface area contributed by atoms with Crippen molar-refractivity contribution in [3.05, 3.63) is 33.8 Å². The van der Waals surface area contributed by atoms with Crippen LogP contribution < -0.4 is 10.9 Å². The van der Waals surface area contributed by atoms with Crippen LogP contribution in [0.15, 0.2) is 21.8 Å². The van der Waals surface area contributed by atoms with Crippen LogP contribution in [0.25, 0.3) is 0 Å². The molecule has 0 aromatic carbocycles. The normalized spacial score (nSPS) is 10.9. The third kappa shape index (κ3) is 3.11. The van der Waals surface area contributed by atoms with E-state index in [0.717, 1.165) is 0 Å². The molecule has 8 heteroatoms. The van der Waals surface area contributed by atoms with Crippen molar-refractivity contribution in [1.82, 2.24) is 19.9 Å². The molecule has 0 fully saturated rings. The number of anilines is 1. The number of hydrogen-bond acceptors (Lipinski definition) is 6. The Kier molecular flexibility index (Phi) is 4.16. The molecular weight excluding hydrogens is 270 g/mol. The van der Waals surface area contributed by atoms with Crippen LogP contribution in [0.1, 0.15) is 25.8 Å². The van der Waals surface area contributed by atoms with E-state index in [0.29, 0.717) is 24.5 Å². The highest BCUT2D eigenvalue weighted by atomic mass is 35.5. The Labute approximate surface area is 114 Å². The number of hydrogen-bond donors (Lipinski definition) is 1. The highest BCUT2D eigenvalue weighted by Gasteiger charge is 2.11. The summed E-state index contributed by atoms with van der Waals surface area (Å²) < 4.78 is 6.20. The molecule has 0 radical (unpaired) electrons. The summed E-state index contributed by atoms with van der Waals surface area (Å²) in [6.45, 7) is 4.26. The summed E-state index contributed by atoms with van der Waals surface area (Å²) in [5.41, 5.74) is 0.197. The van der Waals surface area contributed by atoms with Crippen molar-refractivity contribution in [3.63, 3.8) is 0 Å².